The highest BCUT2D eigenvalue weighted by molar-refractivity contribution is 6.02. The van der Waals surface area contributed by atoms with Crippen molar-refractivity contribution in [2.45, 2.75) is 31.6 Å². The summed E-state index contributed by atoms with van der Waals surface area (Å²) in [5.41, 5.74) is 11.6. The minimum atomic E-state index is -4.54. The van der Waals surface area contributed by atoms with Crippen LogP contribution >= 0.6 is 0 Å². The summed E-state index contributed by atoms with van der Waals surface area (Å²) in [7, 11) is 0. The van der Waals surface area contributed by atoms with E-state index in [-0.39, 0.29) is 0 Å². The Morgan fingerprint density at radius 1 is 0.323 bits per heavy atom. The molecule has 0 unspecified atom stereocenters. The maximum Gasteiger partial charge on any atom is 0.416 e. The van der Waals surface area contributed by atoms with Crippen LogP contribution in [0.1, 0.15) is 44.5 Å². The van der Waals surface area contributed by atoms with E-state index < -0.39 is 28.9 Å². The summed E-state index contributed by atoms with van der Waals surface area (Å²) in [4.78, 5) is 3.75. The summed E-state index contributed by atoms with van der Waals surface area (Å²) in [6.45, 7) is 3.92. The summed E-state index contributed by atoms with van der Waals surface area (Å²) < 4.78 is 85.3. The highest BCUT2D eigenvalue weighted by atomic mass is 19.4. The Bertz CT molecular complexity index is 3320. The quantitative estimate of drug-likeness (QED) is 0.154. The van der Waals surface area contributed by atoms with Crippen LogP contribution in [0.15, 0.2) is 194 Å². The lowest BCUT2D eigenvalue weighted by Gasteiger charge is -2.32. The van der Waals surface area contributed by atoms with E-state index in [9.17, 15) is 26.3 Å². The standard InChI is InChI=1S/C57H38F6N2/c1-35-11-7-15-41(27-35)64(43-17-9-13-39(32-43)56(58,59)60)45-24-23-37-30-50-49-26-25-46(65(42-16-8-12-36(2)28-42)44-18-10-14-40(33-44)57(61,62)63)34-54(49)55(53(50)31-38(37)29-45)51-21-5-3-19-47(51)48-20-4-6-22-52(48)55/h3-34H,1-2H3. The highest BCUT2D eigenvalue weighted by Crippen LogP contribution is 2.64. The highest BCUT2D eigenvalue weighted by Gasteiger charge is 2.52. The molecule has 65 heavy (non-hydrogen) atoms. The van der Waals surface area contributed by atoms with E-state index in [4.69, 9.17) is 0 Å². The second-order valence-electron chi connectivity index (χ2n) is 16.9. The predicted molar refractivity (Wildman–Crippen MR) is 249 cm³/mol. The fourth-order valence-corrected chi connectivity index (χ4v) is 10.2. The van der Waals surface area contributed by atoms with Gasteiger partial charge in [-0.3, -0.25) is 0 Å². The van der Waals surface area contributed by atoms with Crippen LogP contribution in [0.2, 0.25) is 0 Å². The second kappa shape index (κ2) is 14.7. The molecular formula is C57H38F6N2. The van der Waals surface area contributed by atoms with Crippen LogP contribution in [0.3, 0.4) is 0 Å². The fraction of sp³-hybridized carbons (Fsp3) is 0.0877. The maximum atomic E-state index is 14.3. The topological polar surface area (TPSA) is 6.48 Å². The molecule has 0 N–H and O–H groups in total. The fourth-order valence-electron chi connectivity index (χ4n) is 10.2. The van der Waals surface area contributed by atoms with Crippen LogP contribution in [0.4, 0.5) is 60.5 Å². The summed E-state index contributed by atoms with van der Waals surface area (Å²) >= 11 is 0. The van der Waals surface area contributed by atoms with Crippen molar-refractivity contribution in [3.05, 3.63) is 239 Å². The normalized spacial score (nSPS) is 13.4. The van der Waals surface area contributed by atoms with Gasteiger partial charge in [0.05, 0.1) is 16.5 Å². The summed E-state index contributed by atoms with van der Waals surface area (Å²) in [6, 6.07) is 59.7. The lowest BCUT2D eigenvalue weighted by atomic mass is 9.70. The van der Waals surface area contributed by atoms with Gasteiger partial charge in [0.25, 0.3) is 0 Å². The van der Waals surface area contributed by atoms with E-state index in [1.54, 1.807) is 12.1 Å². The molecule has 2 aliphatic rings. The Hall–Kier alpha value is -7.58. The van der Waals surface area contributed by atoms with Crippen molar-refractivity contribution in [3.8, 4) is 22.3 Å². The van der Waals surface area contributed by atoms with Crippen molar-refractivity contribution in [2.24, 2.45) is 0 Å². The van der Waals surface area contributed by atoms with Crippen LogP contribution in [-0.4, -0.2) is 0 Å². The third kappa shape index (κ3) is 6.49. The van der Waals surface area contributed by atoms with Gasteiger partial charge in [-0.1, -0.05) is 97.1 Å². The SMILES string of the molecule is Cc1cccc(N(c2cccc(C(F)(F)F)c2)c2ccc3c(c2)C2(c4ccccc4-c4ccccc42)c2cc4cc(N(c5cccc(C)c5)c5cccc(C(F)(F)F)c5)ccc4cc2-3)c1. The number of hydrogen-bond donors (Lipinski definition) is 0. The van der Waals surface area contributed by atoms with E-state index in [1.165, 1.54) is 24.3 Å². The molecule has 0 aromatic heterocycles. The second-order valence-corrected chi connectivity index (χ2v) is 16.9. The van der Waals surface area contributed by atoms with E-state index in [2.05, 4.69) is 48.5 Å². The number of nitrogens with zero attached hydrogens (tertiary/aromatic N) is 2. The molecule has 9 aromatic rings. The van der Waals surface area contributed by atoms with Gasteiger partial charge in [0.15, 0.2) is 0 Å². The minimum Gasteiger partial charge on any atom is -0.310 e. The van der Waals surface area contributed by atoms with Gasteiger partial charge in [0.1, 0.15) is 0 Å². The molecule has 0 fully saturated rings. The minimum absolute atomic E-state index is 0.374. The first-order chi connectivity index (χ1) is 31.3. The molecule has 11 rings (SSSR count). The van der Waals surface area contributed by atoms with Gasteiger partial charge in [-0.2, -0.15) is 26.3 Å². The average molecular weight is 865 g/mol. The summed E-state index contributed by atoms with van der Waals surface area (Å²) in [5.74, 6) is 0. The van der Waals surface area contributed by atoms with Crippen LogP contribution in [-0.2, 0) is 17.8 Å². The smallest absolute Gasteiger partial charge is 0.310 e. The lowest BCUT2D eigenvalue weighted by Crippen LogP contribution is -2.26. The molecule has 1 spiro atoms. The molecule has 0 amide bonds. The number of hydrogen-bond acceptors (Lipinski definition) is 2. The van der Waals surface area contributed by atoms with Crippen molar-refractivity contribution < 1.29 is 26.3 Å². The molecule has 0 saturated carbocycles. The maximum absolute atomic E-state index is 14.3. The summed E-state index contributed by atoms with van der Waals surface area (Å²) in [5, 5.41) is 1.84. The molecule has 0 heterocycles. The van der Waals surface area contributed by atoms with Gasteiger partial charge in [-0.15, -0.1) is 0 Å². The van der Waals surface area contributed by atoms with Crippen LogP contribution in [0.25, 0.3) is 33.0 Å². The molecule has 0 atom stereocenters. The van der Waals surface area contributed by atoms with Gasteiger partial charge in [-0.05, 0) is 177 Å². The largest absolute Gasteiger partial charge is 0.416 e. The van der Waals surface area contributed by atoms with Crippen molar-refractivity contribution >= 4 is 44.9 Å². The zero-order valence-electron chi connectivity index (χ0n) is 35.1. The number of alkyl halides is 6. The van der Waals surface area contributed by atoms with Crippen molar-refractivity contribution in [2.75, 3.05) is 9.80 Å². The van der Waals surface area contributed by atoms with E-state index >= 15 is 0 Å². The molecule has 8 heteroatoms. The molecule has 2 aliphatic carbocycles. The van der Waals surface area contributed by atoms with Crippen molar-refractivity contribution in [3.63, 3.8) is 0 Å². The Labute approximate surface area is 372 Å². The number of fused-ring (bicyclic) bond motifs is 11. The number of rotatable bonds is 6. The number of halogens is 6. The van der Waals surface area contributed by atoms with E-state index in [1.807, 2.05) is 121 Å². The van der Waals surface area contributed by atoms with Gasteiger partial charge in [0, 0.05) is 34.1 Å². The first-order valence-corrected chi connectivity index (χ1v) is 21.3. The van der Waals surface area contributed by atoms with Crippen LogP contribution < -0.4 is 9.80 Å². The average Bonchev–Trinajstić information content (AvgIpc) is 3.75. The van der Waals surface area contributed by atoms with Crippen LogP contribution in [0, 0.1) is 13.8 Å². The van der Waals surface area contributed by atoms with Crippen molar-refractivity contribution in [1.29, 1.82) is 0 Å². The van der Waals surface area contributed by atoms with E-state index in [0.29, 0.717) is 22.7 Å². The predicted octanol–water partition coefficient (Wildman–Crippen LogP) is 16.8. The molecule has 0 radical (unpaired) electrons. The molecule has 318 valence electrons. The van der Waals surface area contributed by atoms with Gasteiger partial charge < -0.3 is 9.80 Å². The molecule has 0 saturated heterocycles. The van der Waals surface area contributed by atoms with Gasteiger partial charge in [0.2, 0.25) is 0 Å². The first-order valence-electron chi connectivity index (χ1n) is 21.3. The van der Waals surface area contributed by atoms with Gasteiger partial charge in [-0.25, -0.2) is 0 Å². The van der Waals surface area contributed by atoms with Gasteiger partial charge >= 0.3 is 12.4 Å². The number of aryl methyl sites for hydroxylation is 2. The van der Waals surface area contributed by atoms with E-state index in [0.717, 1.165) is 89.9 Å². The monoisotopic (exact) mass is 864 g/mol. The molecular weight excluding hydrogens is 827 g/mol. The Morgan fingerprint density at radius 2 is 0.754 bits per heavy atom. The molecule has 9 aromatic carbocycles. The third-order valence-electron chi connectivity index (χ3n) is 12.9. The molecule has 0 aliphatic heterocycles. The number of anilines is 6. The molecule has 2 nitrogen and oxygen atoms in total. The van der Waals surface area contributed by atoms with Crippen LogP contribution in [0.5, 0.6) is 0 Å². The Morgan fingerprint density at radius 3 is 1.28 bits per heavy atom. The Kier molecular flexibility index (Phi) is 9.12. The summed E-state index contributed by atoms with van der Waals surface area (Å²) in [6.07, 6.45) is -9.07. The first kappa shape index (κ1) is 40.2. The third-order valence-corrected chi connectivity index (χ3v) is 12.9. The Balaban J connectivity index is 1.16. The number of benzene rings is 9. The lowest BCUT2D eigenvalue weighted by molar-refractivity contribution is -0.138. The zero-order valence-corrected chi connectivity index (χ0v) is 35.1. The zero-order chi connectivity index (χ0) is 44.8. The molecule has 0 bridgehead atoms. The van der Waals surface area contributed by atoms with Crippen molar-refractivity contribution in [1.82, 2.24) is 0 Å².